The Morgan fingerprint density at radius 1 is 1.33 bits per heavy atom. The first-order valence-electron chi connectivity index (χ1n) is 9.63. The van der Waals surface area contributed by atoms with Gasteiger partial charge in [-0.15, -0.1) is 0 Å². The minimum Gasteiger partial charge on any atom is -0.497 e. The number of ether oxygens (including phenoxy) is 1. The van der Waals surface area contributed by atoms with E-state index in [0.29, 0.717) is 5.92 Å². The molecule has 4 bridgehead atoms. The van der Waals surface area contributed by atoms with Crippen LogP contribution in [0.25, 0.3) is 10.9 Å². The fraction of sp³-hybridized carbons (Fsp3) is 0.619. The van der Waals surface area contributed by atoms with Crippen LogP contribution in [-0.2, 0) is 6.42 Å². The second kappa shape index (κ2) is 5.26. The number of aromatic amines is 1. The van der Waals surface area contributed by atoms with Gasteiger partial charge in [-0.1, -0.05) is 20.3 Å². The molecule has 0 radical (unpaired) electrons. The number of benzene rings is 1. The van der Waals surface area contributed by atoms with Crippen molar-refractivity contribution >= 4 is 10.9 Å². The Morgan fingerprint density at radius 2 is 2.21 bits per heavy atom. The highest BCUT2D eigenvalue weighted by Gasteiger charge is 2.51. The normalized spacial score (nSPS) is 37.3. The molecule has 1 saturated carbocycles. The molecule has 2 aromatic rings. The van der Waals surface area contributed by atoms with E-state index >= 15 is 0 Å². The van der Waals surface area contributed by atoms with Gasteiger partial charge in [-0.05, 0) is 54.4 Å². The molecule has 1 aromatic heterocycles. The monoisotopic (exact) mass is 324 g/mol. The van der Waals surface area contributed by atoms with E-state index in [2.05, 4.69) is 41.9 Å². The van der Waals surface area contributed by atoms with Gasteiger partial charge in [0.15, 0.2) is 0 Å². The van der Waals surface area contributed by atoms with E-state index in [-0.39, 0.29) is 0 Å². The minimum absolute atomic E-state index is 0.695. The van der Waals surface area contributed by atoms with Crippen molar-refractivity contribution in [3.05, 3.63) is 29.5 Å². The quantitative estimate of drug-likeness (QED) is 0.897. The van der Waals surface area contributed by atoms with Crippen molar-refractivity contribution in [3.8, 4) is 5.75 Å². The standard InChI is InChI=1S/C21H28N2O/c1-4-15-12(2)13-9-18-20-16(7-8-23(11-13)21(15)18)17-10-14(24-3)5-6-19(17)22-20/h5-6,10,12-13,15,18,21-22H,4,7-9,11H2,1-3H3/t12-,13-,15?,18?,21?/m0/s1. The predicted molar refractivity (Wildman–Crippen MR) is 97.7 cm³/mol. The predicted octanol–water partition coefficient (Wildman–Crippen LogP) is 4.18. The van der Waals surface area contributed by atoms with Crippen LogP contribution >= 0.6 is 0 Å². The number of hydrogen-bond donors (Lipinski definition) is 1. The lowest BCUT2D eigenvalue weighted by Gasteiger charge is -2.56. The van der Waals surface area contributed by atoms with E-state index in [9.17, 15) is 0 Å². The van der Waals surface area contributed by atoms with Crippen molar-refractivity contribution in [3.63, 3.8) is 0 Å². The Hall–Kier alpha value is -1.48. The highest BCUT2D eigenvalue weighted by atomic mass is 16.5. The number of nitrogens with one attached hydrogen (secondary N) is 1. The molecule has 0 amide bonds. The molecule has 0 spiro atoms. The molecule has 4 unspecified atom stereocenters. The zero-order valence-electron chi connectivity index (χ0n) is 15.0. The first-order chi connectivity index (χ1) is 11.7. The summed E-state index contributed by atoms with van der Waals surface area (Å²) in [4.78, 5) is 6.65. The molecule has 24 heavy (non-hydrogen) atoms. The van der Waals surface area contributed by atoms with E-state index in [4.69, 9.17) is 4.74 Å². The van der Waals surface area contributed by atoms with Crippen molar-refractivity contribution in [2.24, 2.45) is 17.8 Å². The SMILES string of the molecule is CCC1C2C3C[C@@H](CN2CCc2c3[nH]c3ccc(OC)cc23)[C@@H]1C. The molecule has 6 atom stereocenters. The molecule has 4 aliphatic rings. The van der Waals surface area contributed by atoms with Gasteiger partial charge in [-0.3, -0.25) is 4.90 Å². The fourth-order valence-corrected chi connectivity index (χ4v) is 6.19. The van der Waals surface area contributed by atoms with Crippen LogP contribution < -0.4 is 4.74 Å². The molecule has 1 aromatic carbocycles. The van der Waals surface area contributed by atoms with Gasteiger partial charge >= 0.3 is 0 Å². The third-order valence-corrected chi connectivity index (χ3v) is 7.35. The number of H-pyrrole nitrogens is 1. The summed E-state index contributed by atoms with van der Waals surface area (Å²) in [5.74, 6) is 4.28. The highest BCUT2D eigenvalue weighted by molar-refractivity contribution is 5.86. The van der Waals surface area contributed by atoms with E-state index in [1.165, 1.54) is 43.3 Å². The van der Waals surface area contributed by atoms with Gasteiger partial charge in [0.25, 0.3) is 0 Å². The zero-order valence-corrected chi connectivity index (χ0v) is 15.0. The van der Waals surface area contributed by atoms with Crippen LogP contribution in [0.3, 0.4) is 0 Å². The number of rotatable bonds is 2. The summed E-state index contributed by atoms with van der Waals surface area (Å²) in [6, 6.07) is 7.25. The van der Waals surface area contributed by atoms with E-state index in [1.807, 2.05) is 0 Å². The van der Waals surface area contributed by atoms with Gasteiger partial charge in [0.2, 0.25) is 0 Å². The Kier molecular flexibility index (Phi) is 3.25. The van der Waals surface area contributed by atoms with Crippen molar-refractivity contribution < 1.29 is 4.74 Å². The van der Waals surface area contributed by atoms with Crippen molar-refractivity contribution in [2.45, 2.75) is 45.1 Å². The topological polar surface area (TPSA) is 28.3 Å². The van der Waals surface area contributed by atoms with Crippen molar-refractivity contribution in [1.29, 1.82) is 0 Å². The molecule has 6 rings (SSSR count). The van der Waals surface area contributed by atoms with E-state index in [0.717, 1.165) is 29.5 Å². The number of fused-ring (bicyclic) bond motifs is 4. The maximum Gasteiger partial charge on any atom is 0.119 e. The van der Waals surface area contributed by atoms with Crippen LogP contribution in [0.1, 0.15) is 43.9 Å². The van der Waals surface area contributed by atoms with Gasteiger partial charge in [-0.25, -0.2) is 0 Å². The molecule has 1 N–H and O–H groups in total. The number of hydrogen-bond acceptors (Lipinski definition) is 2. The molecule has 3 aliphatic heterocycles. The number of nitrogens with zero attached hydrogens (tertiary/aromatic N) is 1. The summed E-state index contributed by atoms with van der Waals surface area (Å²) in [5, 5.41) is 1.38. The summed E-state index contributed by atoms with van der Waals surface area (Å²) >= 11 is 0. The average Bonchev–Trinajstić information content (AvgIpc) is 2.93. The lowest BCUT2D eigenvalue weighted by molar-refractivity contribution is -0.0540. The largest absolute Gasteiger partial charge is 0.497 e. The lowest BCUT2D eigenvalue weighted by Crippen LogP contribution is -2.59. The summed E-state index contributed by atoms with van der Waals surface area (Å²) in [7, 11) is 1.76. The minimum atomic E-state index is 0.695. The summed E-state index contributed by atoms with van der Waals surface area (Å²) in [6.45, 7) is 7.45. The third-order valence-electron chi connectivity index (χ3n) is 7.35. The highest BCUT2D eigenvalue weighted by Crippen LogP contribution is 2.53. The average molecular weight is 324 g/mol. The molecule has 3 heteroatoms. The Morgan fingerprint density at radius 3 is 3.00 bits per heavy atom. The maximum absolute atomic E-state index is 5.47. The van der Waals surface area contributed by atoms with Gasteiger partial charge in [0, 0.05) is 41.6 Å². The lowest BCUT2D eigenvalue weighted by atomic mass is 9.60. The molecule has 3 fully saturated rings. The van der Waals surface area contributed by atoms with Gasteiger partial charge in [0.1, 0.15) is 5.75 Å². The molecule has 3 nitrogen and oxygen atoms in total. The summed E-state index contributed by atoms with van der Waals surface area (Å²) in [5.41, 5.74) is 4.39. The number of piperidine rings is 2. The molecular formula is C21H28N2O. The fourth-order valence-electron chi connectivity index (χ4n) is 6.19. The Labute approximate surface area is 144 Å². The van der Waals surface area contributed by atoms with Crippen molar-refractivity contribution in [2.75, 3.05) is 20.2 Å². The summed E-state index contributed by atoms with van der Waals surface area (Å²) in [6.07, 6.45) is 3.86. The van der Waals surface area contributed by atoms with Gasteiger partial charge < -0.3 is 9.72 Å². The molecule has 1 aliphatic carbocycles. The van der Waals surface area contributed by atoms with Crippen LogP contribution in [0.4, 0.5) is 0 Å². The molecular weight excluding hydrogens is 296 g/mol. The number of methoxy groups -OCH3 is 1. The number of aromatic nitrogens is 1. The van der Waals surface area contributed by atoms with Crippen LogP contribution in [0, 0.1) is 17.8 Å². The second-order valence-corrected chi connectivity index (χ2v) is 8.20. The maximum atomic E-state index is 5.47. The first-order valence-corrected chi connectivity index (χ1v) is 9.63. The molecule has 4 heterocycles. The van der Waals surface area contributed by atoms with Crippen LogP contribution in [-0.4, -0.2) is 36.1 Å². The van der Waals surface area contributed by atoms with E-state index in [1.54, 1.807) is 18.4 Å². The van der Waals surface area contributed by atoms with Crippen molar-refractivity contribution in [1.82, 2.24) is 9.88 Å². The summed E-state index contributed by atoms with van der Waals surface area (Å²) < 4.78 is 5.47. The Balaban J connectivity index is 1.66. The Bertz CT molecular complexity index is 779. The molecule has 2 saturated heterocycles. The van der Waals surface area contributed by atoms with Gasteiger partial charge in [0.05, 0.1) is 7.11 Å². The third kappa shape index (κ3) is 1.88. The second-order valence-electron chi connectivity index (χ2n) is 8.20. The molecule has 128 valence electrons. The first kappa shape index (κ1) is 14.8. The zero-order chi connectivity index (χ0) is 16.4. The van der Waals surface area contributed by atoms with Crippen LogP contribution in [0.5, 0.6) is 5.75 Å². The smallest absolute Gasteiger partial charge is 0.119 e. The van der Waals surface area contributed by atoms with Crippen LogP contribution in [0.15, 0.2) is 18.2 Å². The van der Waals surface area contributed by atoms with Gasteiger partial charge in [-0.2, -0.15) is 0 Å². The van der Waals surface area contributed by atoms with E-state index < -0.39 is 0 Å². The van der Waals surface area contributed by atoms with Crippen LogP contribution in [0.2, 0.25) is 0 Å².